The Labute approximate surface area is 106 Å². The number of rotatable bonds is 3. The summed E-state index contributed by atoms with van der Waals surface area (Å²) in [5.41, 5.74) is 0.0808. The Kier molecular flexibility index (Phi) is 3.99. The predicted molar refractivity (Wildman–Crippen MR) is 63.7 cm³/mol. The van der Waals surface area contributed by atoms with E-state index in [1.165, 1.54) is 18.2 Å². The smallest absolute Gasteiger partial charge is 0.228 e. The van der Waals surface area contributed by atoms with Gasteiger partial charge in [-0.2, -0.15) is 0 Å². The van der Waals surface area contributed by atoms with Crippen LogP contribution in [-0.4, -0.2) is 22.9 Å². The fourth-order valence-electron chi connectivity index (χ4n) is 1.07. The van der Waals surface area contributed by atoms with Crippen molar-refractivity contribution in [2.24, 2.45) is 0 Å². The summed E-state index contributed by atoms with van der Waals surface area (Å²) in [4.78, 5) is 0. The van der Waals surface area contributed by atoms with Crippen molar-refractivity contribution >= 4 is 37.4 Å². The van der Waals surface area contributed by atoms with Gasteiger partial charge in [0.15, 0.2) is 9.84 Å². The predicted octanol–water partition coefficient (Wildman–Crippen LogP) is 2.19. The monoisotopic (exact) mass is 330 g/mol. The Morgan fingerprint density at radius 2 is 2.12 bits per heavy atom. The largest absolute Gasteiger partial charge is 0.385 e. The molecule has 0 aliphatic heterocycles. The summed E-state index contributed by atoms with van der Waals surface area (Å²) in [7, 11) is -3.75. The summed E-state index contributed by atoms with van der Waals surface area (Å²) in [6.45, 7) is 0. The molecule has 1 aromatic rings. The molecule has 0 aromatic heterocycles. The Balaban J connectivity index is 3.17. The lowest BCUT2D eigenvalue weighted by molar-refractivity contribution is 0.185. The van der Waals surface area contributed by atoms with Crippen LogP contribution in [0.4, 0.5) is 4.39 Å². The first kappa shape index (κ1) is 13.9. The third-order valence-corrected chi connectivity index (χ3v) is 6.43. The van der Waals surface area contributed by atoms with Crippen LogP contribution in [0.2, 0.25) is 0 Å². The van der Waals surface area contributed by atoms with Crippen molar-refractivity contribution in [3.63, 3.8) is 0 Å². The normalized spacial score (nSPS) is 17.8. The van der Waals surface area contributed by atoms with E-state index in [2.05, 4.69) is 15.9 Å². The van der Waals surface area contributed by atoms with Gasteiger partial charge in [-0.05, 0) is 33.6 Å². The molecule has 0 saturated carbocycles. The first-order chi connectivity index (χ1) is 7.16. The average molecular weight is 332 g/mol. The second kappa shape index (κ2) is 4.60. The second-order valence-electron chi connectivity index (χ2n) is 3.29. The van der Waals surface area contributed by atoms with Crippen molar-refractivity contribution in [3.05, 3.63) is 35.6 Å². The zero-order valence-corrected chi connectivity index (χ0v) is 11.4. The Morgan fingerprint density at radius 3 is 2.56 bits per heavy atom. The van der Waals surface area contributed by atoms with Gasteiger partial charge in [-0.1, -0.05) is 23.7 Å². The van der Waals surface area contributed by atoms with E-state index >= 15 is 0 Å². The van der Waals surface area contributed by atoms with Gasteiger partial charge in [0.25, 0.3) is 0 Å². The molecule has 7 heteroatoms. The van der Waals surface area contributed by atoms with Crippen molar-refractivity contribution in [2.45, 2.75) is 9.22 Å². The van der Waals surface area contributed by atoms with E-state index < -0.39 is 24.9 Å². The van der Waals surface area contributed by atoms with Crippen LogP contribution in [0.3, 0.4) is 0 Å². The highest BCUT2D eigenvalue weighted by Gasteiger charge is 2.44. The lowest BCUT2D eigenvalue weighted by Crippen LogP contribution is -2.32. The number of halogens is 3. The van der Waals surface area contributed by atoms with E-state index in [9.17, 15) is 17.9 Å². The quantitative estimate of drug-likeness (QED) is 0.864. The summed E-state index contributed by atoms with van der Waals surface area (Å²) in [5.74, 6) is -0.579. The van der Waals surface area contributed by atoms with Crippen molar-refractivity contribution in [1.82, 2.24) is 0 Å². The van der Waals surface area contributed by atoms with Crippen molar-refractivity contribution in [3.8, 4) is 0 Å². The second-order valence-corrected chi connectivity index (χ2v) is 8.53. The molecule has 1 N–H and O–H groups in total. The molecule has 0 unspecified atom stereocenters. The molecule has 90 valence electrons. The third kappa shape index (κ3) is 2.74. The Morgan fingerprint density at radius 1 is 1.56 bits per heavy atom. The van der Waals surface area contributed by atoms with Crippen LogP contribution in [-0.2, 0) is 9.84 Å². The molecule has 0 aliphatic carbocycles. The number of aliphatic hydroxyl groups is 1. The highest BCUT2D eigenvalue weighted by Crippen LogP contribution is 2.42. The van der Waals surface area contributed by atoms with Crippen LogP contribution in [0, 0.1) is 5.82 Å². The maximum atomic E-state index is 12.9. The van der Waals surface area contributed by atoms with Gasteiger partial charge in [-0.15, -0.1) is 0 Å². The molecule has 16 heavy (non-hydrogen) atoms. The van der Waals surface area contributed by atoms with E-state index in [0.29, 0.717) is 0 Å². The first-order valence-corrected chi connectivity index (χ1v) is 7.23. The fourth-order valence-corrected chi connectivity index (χ4v) is 2.01. The van der Waals surface area contributed by atoms with Crippen molar-refractivity contribution in [1.29, 1.82) is 0 Å². The highest BCUT2D eigenvalue weighted by molar-refractivity contribution is 9.12. The van der Waals surface area contributed by atoms with E-state index in [1.807, 2.05) is 0 Å². The standard InChI is InChI=1S/C9H9BrClFO3S/c1-16(14,15)9(10,11)8(13)6-3-2-4-7(12)5-6/h2-5,8,13H,1H3/t8-,9-/m0/s1. The van der Waals surface area contributed by atoms with E-state index in [4.69, 9.17) is 11.6 Å². The lowest BCUT2D eigenvalue weighted by Gasteiger charge is -2.24. The molecular weight excluding hydrogens is 323 g/mol. The zero-order valence-electron chi connectivity index (χ0n) is 8.19. The molecule has 0 spiro atoms. The van der Waals surface area contributed by atoms with Gasteiger partial charge in [0.05, 0.1) is 0 Å². The van der Waals surface area contributed by atoms with Gasteiger partial charge in [-0.3, -0.25) is 0 Å². The molecule has 0 amide bonds. The maximum absolute atomic E-state index is 12.9. The lowest BCUT2D eigenvalue weighted by atomic mass is 10.1. The van der Waals surface area contributed by atoms with Gasteiger partial charge in [0.2, 0.25) is 3.12 Å². The van der Waals surface area contributed by atoms with Crippen LogP contribution < -0.4 is 0 Å². The van der Waals surface area contributed by atoms with Gasteiger partial charge in [-0.25, -0.2) is 12.8 Å². The van der Waals surface area contributed by atoms with Gasteiger partial charge in [0.1, 0.15) is 11.9 Å². The summed E-state index contributed by atoms with van der Waals surface area (Å²) in [5, 5.41) is 9.78. The van der Waals surface area contributed by atoms with Crippen LogP contribution >= 0.6 is 27.5 Å². The molecule has 0 bridgehead atoms. The minimum absolute atomic E-state index is 0.0808. The maximum Gasteiger partial charge on any atom is 0.228 e. The molecule has 0 radical (unpaired) electrons. The van der Waals surface area contributed by atoms with Crippen molar-refractivity contribution < 1.29 is 17.9 Å². The molecule has 2 atom stereocenters. The topological polar surface area (TPSA) is 54.4 Å². The van der Waals surface area contributed by atoms with Gasteiger partial charge >= 0.3 is 0 Å². The highest BCUT2D eigenvalue weighted by atomic mass is 79.9. The van der Waals surface area contributed by atoms with E-state index in [-0.39, 0.29) is 5.56 Å². The minimum atomic E-state index is -3.75. The van der Waals surface area contributed by atoms with E-state index in [1.54, 1.807) is 0 Å². The Bertz CT molecular complexity index is 489. The number of hydrogen-bond donors (Lipinski definition) is 1. The molecule has 0 aliphatic rings. The number of aliphatic hydroxyl groups excluding tert-OH is 1. The summed E-state index contributed by atoms with van der Waals surface area (Å²) >= 11 is 8.44. The SMILES string of the molecule is CS(=O)(=O)[C@](Cl)(Br)[C@@H](O)c1cccc(F)c1. The molecule has 0 fully saturated rings. The number of benzene rings is 1. The molecule has 0 heterocycles. The molecule has 1 aromatic carbocycles. The average Bonchev–Trinajstić information content (AvgIpc) is 2.14. The van der Waals surface area contributed by atoms with Gasteiger partial charge < -0.3 is 5.11 Å². The molecule has 3 nitrogen and oxygen atoms in total. The van der Waals surface area contributed by atoms with Gasteiger partial charge in [0, 0.05) is 6.26 Å². The summed E-state index contributed by atoms with van der Waals surface area (Å²) < 4.78 is 33.5. The minimum Gasteiger partial charge on any atom is -0.385 e. The van der Waals surface area contributed by atoms with Crippen molar-refractivity contribution in [2.75, 3.05) is 6.26 Å². The Hall–Kier alpha value is -0.170. The van der Waals surface area contributed by atoms with E-state index in [0.717, 1.165) is 12.3 Å². The van der Waals surface area contributed by atoms with Crippen LogP contribution in [0.15, 0.2) is 24.3 Å². The summed E-state index contributed by atoms with van der Waals surface area (Å²) in [6.07, 6.45) is -0.697. The van der Waals surface area contributed by atoms with Crippen LogP contribution in [0.5, 0.6) is 0 Å². The molecular formula is C9H9BrClFO3S. The third-order valence-electron chi connectivity index (χ3n) is 1.98. The zero-order chi connectivity index (χ0) is 12.6. The number of sulfone groups is 1. The van der Waals surface area contributed by atoms with Crippen LogP contribution in [0.25, 0.3) is 0 Å². The molecule has 0 saturated heterocycles. The summed E-state index contributed by atoms with van der Waals surface area (Å²) in [6, 6.07) is 4.95. The molecule has 1 rings (SSSR count). The first-order valence-electron chi connectivity index (χ1n) is 4.17. The number of alkyl halides is 2. The fraction of sp³-hybridized carbons (Fsp3) is 0.333. The number of hydrogen-bond acceptors (Lipinski definition) is 3. The van der Waals surface area contributed by atoms with Crippen LogP contribution in [0.1, 0.15) is 11.7 Å².